The molecule has 1 saturated heterocycles. The van der Waals surface area contributed by atoms with Gasteiger partial charge in [0.2, 0.25) is 11.8 Å². The van der Waals surface area contributed by atoms with E-state index in [0.29, 0.717) is 44.5 Å². The summed E-state index contributed by atoms with van der Waals surface area (Å²) in [5, 5.41) is 2.81. The molecule has 132 valence electrons. The molecule has 1 atom stereocenters. The number of benzene rings is 1. The first-order valence-electron chi connectivity index (χ1n) is 8.36. The molecule has 6 heteroatoms. The van der Waals surface area contributed by atoms with Crippen molar-refractivity contribution in [3.05, 3.63) is 30.1 Å². The summed E-state index contributed by atoms with van der Waals surface area (Å²) in [5.41, 5.74) is 0.591. The van der Waals surface area contributed by atoms with Gasteiger partial charge in [0, 0.05) is 38.2 Å². The van der Waals surface area contributed by atoms with Gasteiger partial charge in [0.1, 0.15) is 5.82 Å². The van der Waals surface area contributed by atoms with Crippen LogP contribution in [0.5, 0.6) is 0 Å². The number of halogens is 1. The van der Waals surface area contributed by atoms with Gasteiger partial charge < -0.3 is 15.0 Å². The first kappa shape index (κ1) is 18.4. The second kappa shape index (κ2) is 8.78. The fourth-order valence-electron chi connectivity index (χ4n) is 2.77. The van der Waals surface area contributed by atoms with E-state index in [2.05, 4.69) is 5.32 Å². The van der Waals surface area contributed by atoms with Crippen molar-refractivity contribution in [1.82, 2.24) is 4.90 Å². The van der Waals surface area contributed by atoms with E-state index < -0.39 is 0 Å². The van der Waals surface area contributed by atoms with Crippen LogP contribution in [0.15, 0.2) is 24.3 Å². The number of ether oxygens (including phenoxy) is 1. The summed E-state index contributed by atoms with van der Waals surface area (Å²) in [5.74, 6) is -0.391. The Morgan fingerprint density at radius 2 is 1.92 bits per heavy atom. The highest BCUT2D eigenvalue weighted by molar-refractivity contribution is 5.92. The van der Waals surface area contributed by atoms with Gasteiger partial charge in [-0.2, -0.15) is 0 Å². The van der Waals surface area contributed by atoms with Crippen LogP contribution >= 0.6 is 0 Å². The van der Waals surface area contributed by atoms with Crippen molar-refractivity contribution < 1.29 is 18.7 Å². The van der Waals surface area contributed by atoms with Gasteiger partial charge in [0.15, 0.2) is 0 Å². The van der Waals surface area contributed by atoms with E-state index in [1.54, 1.807) is 19.2 Å². The molecule has 2 rings (SSSR count). The lowest BCUT2D eigenvalue weighted by molar-refractivity contribution is -0.135. The minimum absolute atomic E-state index is 0.0679. The number of methoxy groups -OCH3 is 1. The molecular formula is C18H25FN2O3. The fraction of sp³-hybridized carbons (Fsp3) is 0.556. The normalized spacial score (nSPS) is 16.7. The minimum Gasteiger partial charge on any atom is -0.382 e. The molecule has 0 aromatic heterocycles. The van der Waals surface area contributed by atoms with E-state index in [0.717, 1.165) is 0 Å². The molecule has 0 spiro atoms. The van der Waals surface area contributed by atoms with Crippen LogP contribution in [-0.4, -0.2) is 43.0 Å². The quantitative estimate of drug-likeness (QED) is 0.869. The number of likely N-dealkylation sites (tertiary alicyclic amines) is 1. The summed E-state index contributed by atoms with van der Waals surface area (Å²) in [6.07, 6.45) is 2.56. The predicted molar refractivity (Wildman–Crippen MR) is 90.0 cm³/mol. The monoisotopic (exact) mass is 336 g/mol. The van der Waals surface area contributed by atoms with Crippen molar-refractivity contribution in [2.45, 2.75) is 38.7 Å². The van der Waals surface area contributed by atoms with Crippen LogP contribution in [0.3, 0.4) is 0 Å². The lowest BCUT2D eigenvalue weighted by Crippen LogP contribution is -2.41. The predicted octanol–water partition coefficient (Wildman–Crippen LogP) is 2.82. The molecule has 0 aliphatic carbocycles. The highest BCUT2D eigenvalue weighted by Crippen LogP contribution is 2.20. The zero-order valence-electron chi connectivity index (χ0n) is 14.3. The zero-order valence-corrected chi connectivity index (χ0v) is 14.3. The molecule has 0 radical (unpaired) electrons. The van der Waals surface area contributed by atoms with E-state index in [-0.39, 0.29) is 29.7 Å². The van der Waals surface area contributed by atoms with Crippen LogP contribution in [0.4, 0.5) is 10.1 Å². The maximum atomic E-state index is 12.9. The van der Waals surface area contributed by atoms with Crippen LogP contribution in [0.2, 0.25) is 0 Å². The molecule has 5 nitrogen and oxygen atoms in total. The number of nitrogens with one attached hydrogen (secondary N) is 1. The van der Waals surface area contributed by atoms with Crippen LogP contribution in [0, 0.1) is 11.7 Å². The first-order valence-corrected chi connectivity index (χ1v) is 8.36. The summed E-state index contributed by atoms with van der Waals surface area (Å²) in [7, 11) is 1.64. The average molecular weight is 336 g/mol. The first-order chi connectivity index (χ1) is 11.5. The second-order valence-electron chi connectivity index (χ2n) is 6.24. The average Bonchev–Trinajstić information content (AvgIpc) is 2.61. The lowest BCUT2D eigenvalue weighted by Gasteiger charge is -2.31. The molecule has 1 unspecified atom stereocenters. The number of carbonyl (C=O) groups is 2. The molecule has 24 heavy (non-hydrogen) atoms. The third kappa shape index (κ3) is 5.30. The molecule has 1 fully saturated rings. The van der Waals surface area contributed by atoms with Crippen molar-refractivity contribution in [3.63, 3.8) is 0 Å². The Hall–Kier alpha value is -1.95. The van der Waals surface area contributed by atoms with E-state index in [9.17, 15) is 14.0 Å². The van der Waals surface area contributed by atoms with Crippen LogP contribution < -0.4 is 5.32 Å². The Kier molecular flexibility index (Phi) is 6.73. The maximum absolute atomic E-state index is 12.9. The zero-order chi connectivity index (χ0) is 17.5. The van der Waals surface area contributed by atoms with Gasteiger partial charge in [-0.1, -0.05) is 0 Å². The van der Waals surface area contributed by atoms with E-state index >= 15 is 0 Å². The molecule has 1 aliphatic rings. The van der Waals surface area contributed by atoms with Crippen LogP contribution in [0.25, 0.3) is 0 Å². The fourth-order valence-corrected chi connectivity index (χ4v) is 2.77. The molecule has 1 aliphatic heterocycles. The third-order valence-electron chi connectivity index (χ3n) is 4.50. The molecule has 1 aromatic rings. The molecule has 1 N–H and O–H groups in total. The summed E-state index contributed by atoms with van der Waals surface area (Å²) in [6, 6.07) is 5.72. The Morgan fingerprint density at radius 3 is 2.50 bits per heavy atom. The third-order valence-corrected chi connectivity index (χ3v) is 4.50. The van der Waals surface area contributed by atoms with Gasteiger partial charge in [0.25, 0.3) is 0 Å². The second-order valence-corrected chi connectivity index (χ2v) is 6.24. The number of nitrogens with zero attached hydrogens (tertiary/aromatic N) is 1. The van der Waals surface area contributed by atoms with Gasteiger partial charge in [0.05, 0.1) is 6.10 Å². The lowest BCUT2D eigenvalue weighted by atomic mass is 9.95. The smallest absolute Gasteiger partial charge is 0.227 e. The van der Waals surface area contributed by atoms with Gasteiger partial charge in [-0.15, -0.1) is 0 Å². The van der Waals surface area contributed by atoms with E-state index in [1.807, 2.05) is 11.8 Å². The summed E-state index contributed by atoms with van der Waals surface area (Å²) >= 11 is 0. The standard InChI is InChI=1S/C18H25FN2O3/c1-13(24-2)3-8-17(22)21-11-9-14(10-12-21)18(23)20-16-6-4-15(19)5-7-16/h4-7,13-14H,3,8-12H2,1-2H3,(H,20,23). The van der Waals surface area contributed by atoms with E-state index in [4.69, 9.17) is 4.74 Å². The van der Waals surface area contributed by atoms with Gasteiger partial charge in [-0.3, -0.25) is 9.59 Å². The number of hydrogen-bond acceptors (Lipinski definition) is 3. The topological polar surface area (TPSA) is 58.6 Å². The number of anilines is 1. The molecular weight excluding hydrogens is 311 g/mol. The summed E-state index contributed by atoms with van der Waals surface area (Å²) in [4.78, 5) is 26.2. The Morgan fingerprint density at radius 1 is 1.29 bits per heavy atom. The molecule has 2 amide bonds. The number of hydrogen-bond donors (Lipinski definition) is 1. The van der Waals surface area contributed by atoms with Crippen molar-refractivity contribution >= 4 is 17.5 Å². The van der Waals surface area contributed by atoms with Crippen molar-refractivity contribution in [1.29, 1.82) is 0 Å². The van der Waals surface area contributed by atoms with Crippen molar-refractivity contribution in [2.24, 2.45) is 5.92 Å². The number of amides is 2. The number of piperidine rings is 1. The Balaban J connectivity index is 1.76. The Labute approximate surface area is 142 Å². The molecule has 0 saturated carbocycles. The maximum Gasteiger partial charge on any atom is 0.227 e. The van der Waals surface area contributed by atoms with Gasteiger partial charge in [-0.25, -0.2) is 4.39 Å². The largest absolute Gasteiger partial charge is 0.382 e. The van der Waals surface area contributed by atoms with Gasteiger partial charge >= 0.3 is 0 Å². The van der Waals surface area contributed by atoms with Crippen LogP contribution in [0.1, 0.15) is 32.6 Å². The molecule has 1 aromatic carbocycles. The summed E-state index contributed by atoms with van der Waals surface area (Å²) < 4.78 is 18.0. The van der Waals surface area contributed by atoms with Gasteiger partial charge in [-0.05, 0) is 50.5 Å². The van der Waals surface area contributed by atoms with Crippen molar-refractivity contribution in [2.75, 3.05) is 25.5 Å². The Bertz CT molecular complexity index is 554. The summed E-state index contributed by atoms with van der Waals surface area (Å²) in [6.45, 7) is 3.14. The number of carbonyl (C=O) groups excluding carboxylic acids is 2. The molecule has 0 bridgehead atoms. The van der Waals surface area contributed by atoms with Crippen molar-refractivity contribution in [3.8, 4) is 0 Å². The SMILES string of the molecule is COC(C)CCC(=O)N1CCC(C(=O)Nc2ccc(F)cc2)CC1. The minimum atomic E-state index is -0.331. The highest BCUT2D eigenvalue weighted by Gasteiger charge is 2.27. The number of rotatable bonds is 6. The highest BCUT2D eigenvalue weighted by atomic mass is 19.1. The van der Waals surface area contributed by atoms with E-state index in [1.165, 1.54) is 12.1 Å². The van der Waals surface area contributed by atoms with Crippen LogP contribution in [-0.2, 0) is 14.3 Å². The molecule has 1 heterocycles.